The van der Waals surface area contributed by atoms with Crippen molar-refractivity contribution < 1.29 is 13.9 Å². The van der Waals surface area contributed by atoms with Crippen molar-refractivity contribution in [3.8, 4) is 5.75 Å². The Kier molecular flexibility index (Phi) is 6.41. The van der Waals surface area contributed by atoms with Crippen LogP contribution < -0.4 is 4.74 Å². The van der Waals surface area contributed by atoms with Crippen molar-refractivity contribution in [2.75, 3.05) is 52.4 Å². The van der Waals surface area contributed by atoms with Crippen LogP contribution in [-0.2, 0) is 6.61 Å². The van der Waals surface area contributed by atoms with Gasteiger partial charge in [0.15, 0.2) is 5.76 Å². The van der Waals surface area contributed by atoms with Gasteiger partial charge in [-0.1, -0.05) is 36.4 Å². The molecule has 1 amide bonds. The Balaban J connectivity index is 1.26. The summed E-state index contributed by atoms with van der Waals surface area (Å²) in [5.41, 5.74) is 1.55. The highest BCUT2D eigenvalue weighted by Crippen LogP contribution is 2.28. The fourth-order valence-electron chi connectivity index (χ4n) is 4.69. The molecule has 2 aromatic carbocycles. The third-order valence-corrected chi connectivity index (χ3v) is 6.61. The lowest BCUT2D eigenvalue weighted by molar-refractivity contribution is 0.0595. The summed E-state index contributed by atoms with van der Waals surface area (Å²) < 4.78 is 12.0. The summed E-state index contributed by atoms with van der Waals surface area (Å²) >= 11 is 0. The number of carbonyl (C=O) groups is 1. The molecule has 0 radical (unpaired) electrons. The highest BCUT2D eigenvalue weighted by molar-refractivity contribution is 5.99. The van der Waals surface area contributed by atoms with Crippen LogP contribution in [0.3, 0.4) is 0 Å². The predicted octanol–water partition coefficient (Wildman–Crippen LogP) is 3.87. The van der Waals surface area contributed by atoms with E-state index in [1.807, 2.05) is 59.5 Å². The van der Waals surface area contributed by atoms with E-state index in [1.165, 1.54) is 25.9 Å². The maximum Gasteiger partial charge on any atom is 0.290 e. The SMILES string of the molecule is O=C(c1oc2ccccc2c1COc1ccccc1)N1CCN(CCN2CCCC2)CC1. The molecule has 5 rings (SSSR count). The summed E-state index contributed by atoms with van der Waals surface area (Å²) in [4.78, 5) is 20.4. The van der Waals surface area contributed by atoms with Gasteiger partial charge in [-0.15, -0.1) is 0 Å². The third kappa shape index (κ3) is 4.66. The number of para-hydroxylation sites is 2. The number of ether oxygens (including phenoxy) is 1. The molecule has 0 spiro atoms. The number of hydrogen-bond acceptors (Lipinski definition) is 5. The van der Waals surface area contributed by atoms with Gasteiger partial charge in [-0.3, -0.25) is 9.69 Å². The molecular weight excluding hydrogens is 402 g/mol. The van der Waals surface area contributed by atoms with E-state index in [9.17, 15) is 4.79 Å². The number of likely N-dealkylation sites (tertiary alicyclic amines) is 1. The summed E-state index contributed by atoms with van der Waals surface area (Å²) in [7, 11) is 0. The molecule has 2 saturated heterocycles. The van der Waals surface area contributed by atoms with Gasteiger partial charge in [0, 0.05) is 50.2 Å². The van der Waals surface area contributed by atoms with Crippen LogP contribution in [0.15, 0.2) is 59.0 Å². The maximum absolute atomic E-state index is 13.4. The van der Waals surface area contributed by atoms with Crippen LogP contribution in [0.2, 0.25) is 0 Å². The smallest absolute Gasteiger partial charge is 0.290 e. The van der Waals surface area contributed by atoms with Gasteiger partial charge in [-0.05, 0) is 44.1 Å². The van der Waals surface area contributed by atoms with Crippen LogP contribution in [0, 0.1) is 0 Å². The number of piperazine rings is 1. The first kappa shape index (κ1) is 21.0. The van der Waals surface area contributed by atoms with Crippen molar-refractivity contribution in [2.24, 2.45) is 0 Å². The second kappa shape index (κ2) is 9.76. The Hall–Kier alpha value is -2.83. The first-order valence-electron chi connectivity index (χ1n) is 11.7. The number of nitrogens with zero attached hydrogens (tertiary/aromatic N) is 3. The van der Waals surface area contributed by atoms with Gasteiger partial charge in [0.2, 0.25) is 0 Å². The molecule has 6 nitrogen and oxygen atoms in total. The standard InChI is InChI=1S/C26H31N3O3/c30-26(29-18-16-28(17-19-29)15-14-27-12-6-7-13-27)25-23(20-31-21-8-2-1-3-9-21)22-10-4-5-11-24(22)32-25/h1-5,8-11H,6-7,12-20H2. The zero-order valence-electron chi connectivity index (χ0n) is 18.5. The van der Waals surface area contributed by atoms with Gasteiger partial charge in [-0.25, -0.2) is 0 Å². The van der Waals surface area contributed by atoms with Gasteiger partial charge in [0.1, 0.15) is 17.9 Å². The molecule has 0 atom stereocenters. The number of furan rings is 1. The molecule has 168 valence electrons. The maximum atomic E-state index is 13.4. The van der Waals surface area contributed by atoms with E-state index in [0.717, 1.165) is 61.6 Å². The van der Waals surface area contributed by atoms with Crippen LogP contribution in [0.1, 0.15) is 29.0 Å². The fourth-order valence-corrected chi connectivity index (χ4v) is 4.69. The average Bonchev–Trinajstić information content (AvgIpc) is 3.50. The van der Waals surface area contributed by atoms with Crippen molar-refractivity contribution >= 4 is 16.9 Å². The lowest BCUT2D eigenvalue weighted by Crippen LogP contribution is -2.50. The molecule has 0 N–H and O–H groups in total. The van der Waals surface area contributed by atoms with Gasteiger partial charge in [-0.2, -0.15) is 0 Å². The molecule has 32 heavy (non-hydrogen) atoms. The largest absolute Gasteiger partial charge is 0.489 e. The minimum Gasteiger partial charge on any atom is -0.489 e. The van der Waals surface area contributed by atoms with Crippen molar-refractivity contribution in [1.82, 2.24) is 14.7 Å². The fraction of sp³-hybridized carbons (Fsp3) is 0.423. The third-order valence-electron chi connectivity index (χ3n) is 6.61. The van der Waals surface area contributed by atoms with E-state index >= 15 is 0 Å². The molecule has 3 heterocycles. The van der Waals surface area contributed by atoms with Crippen molar-refractivity contribution in [2.45, 2.75) is 19.4 Å². The zero-order chi connectivity index (χ0) is 21.8. The first-order chi connectivity index (χ1) is 15.8. The molecule has 3 aromatic rings. The van der Waals surface area contributed by atoms with Gasteiger partial charge >= 0.3 is 0 Å². The monoisotopic (exact) mass is 433 g/mol. The molecule has 0 unspecified atom stereocenters. The molecule has 0 saturated carbocycles. The van der Waals surface area contributed by atoms with E-state index in [0.29, 0.717) is 12.4 Å². The Morgan fingerprint density at radius 1 is 0.812 bits per heavy atom. The Labute approximate surface area is 189 Å². The van der Waals surface area contributed by atoms with Crippen LogP contribution in [0.25, 0.3) is 11.0 Å². The number of carbonyl (C=O) groups excluding carboxylic acids is 1. The summed E-state index contributed by atoms with van der Waals surface area (Å²) in [5.74, 6) is 1.16. The number of fused-ring (bicyclic) bond motifs is 1. The highest BCUT2D eigenvalue weighted by atomic mass is 16.5. The Bertz CT molecular complexity index is 1030. The van der Waals surface area contributed by atoms with Gasteiger partial charge in [0.25, 0.3) is 5.91 Å². The Morgan fingerprint density at radius 2 is 1.47 bits per heavy atom. The molecule has 1 aromatic heterocycles. The van der Waals surface area contributed by atoms with E-state index in [2.05, 4.69) is 9.80 Å². The summed E-state index contributed by atoms with van der Waals surface area (Å²) in [6.45, 7) is 8.28. The lowest BCUT2D eigenvalue weighted by atomic mass is 10.1. The highest BCUT2D eigenvalue weighted by Gasteiger charge is 2.28. The predicted molar refractivity (Wildman–Crippen MR) is 125 cm³/mol. The molecule has 0 aliphatic carbocycles. The minimum absolute atomic E-state index is 0.0351. The number of benzene rings is 2. The van der Waals surface area contributed by atoms with E-state index < -0.39 is 0 Å². The van der Waals surface area contributed by atoms with E-state index in [1.54, 1.807) is 0 Å². The minimum atomic E-state index is -0.0351. The second-order valence-electron chi connectivity index (χ2n) is 8.69. The number of rotatable bonds is 7. The van der Waals surface area contributed by atoms with Crippen molar-refractivity contribution in [3.05, 3.63) is 65.9 Å². The van der Waals surface area contributed by atoms with Crippen LogP contribution in [0.5, 0.6) is 5.75 Å². The molecule has 2 aliphatic rings. The molecule has 0 bridgehead atoms. The van der Waals surface area contributed by atoms with Gasteiger partial charge < -0.3 is 19.0 Å². The first-order valence-corrected chi connectivity index (χ1v) is 11.7. The quantitative estimate of drug-likeness (QED) is 0.566. The number of amides is 1. The summed E-state index contributed by atoms with van der Waals surface area (Å²) in [6, 6.07) is 17.5. The molecular formula is C26H31N3O3. The molecule has 2 fully saturated rings. The molecule has 6 heteroatoms. The topological polar surface area (TPSA) is 49.2 Å². The van der Waals surface area contributed by atoms with Gasteiger partial charge in [0.05, 0.1) is 0 Å². The van der Waals surface area contributed by atoms with Crippen LogP contribution in [-0.4, -0.2) is 73.0 Å². The summed E-state index contributed by atoms with van der Waals surface area (Å²) in [5, 5.41) is 0.941. The Morgan fingerprint density at radius 3 is 2.22 bits per heavy atom. The van der Waals surface area contributed by atoms with Crippen LogP contribution in [0.4, 0.5) is 0 Å². The van der Waals surface area contributed by atoms with Crippen molar-refractivity contribution in [3.63, 3.8) is 0 Å². The lowest BCUT2D eigenvalue weighted by Gasteiger charge is -2.35. The van der Waals surface area contributed by atoms with Crippen molar-refractivity contribution in [1.29, 1.82) is 0 Å². The van der Waals surface area contributed by atoms with E-state index in [4.69, 9.17) is 9.15 Å². The summed E-state index contributed by atoms with van der Waals surface area (Å²) in [6.07, 6.45) is 2.66. The molecule has 2 aliphatic heterocycles. The zero-order valence-corrected chi connectivity index (χ0v) is 18.5. The van der Waals surface area contributed by atoms with Crippen LogP contribution >= 0.6 is 0 Å². The second-order valence-corrected chi connectivity index (χ2v) is 8.69. The normalized spacial score (nSPS) is 17.8. The number of hydrogen-bond donors (Lipinski definition) is 0. The van der Waals surface area contributed by atoms with E-state index in [-0.39, 0.29) is 5.91 Å². The average molecular weight is 434 g/mol.